The number of hydrogen-bond acceptors (Lipinski definition) is 4. The summed E-state index contributed by atoms with van der Waals surface area (Å²) in [5, 5.41) is 18.5. The lowest BCUT2D eigenvalue weighted by Crippen LogP contribution is -2.17. The fourth-order valence-corrected chi connectivity index (χ4v) is 5.00. The normalized spacial score (nSPS) is 13.7. The minimum Gasteiger partial charge on any atom is -0.478 e. The molecule has 192 valence electrons. The third kappa shape index (κ3) is 5.00. The number of fused-ring (bicyclic) bond motifs is 1. The van der Waals surface area contributed by atoms with E-state index in [1.165, 1.54) is 12.1 Å². The second-order valence-electron chi connectivity index (χ2n) is 8.92. The highest BCUT2D eigenvalue weighted by Crippen LogP contribution is 2.44. The Kier molecular flexibility index (Phi) is 7.74. The molecule has 0 atom stereocenters. The molecule has 1 aromatic heterocycles. The van der Waals surface area contributed by atoms with Crippen molar-refractivity contribution < 1.29 is 19.0 Å². The Morgan fingerprint density at radius 2 is 1.68 bits per heavy atom. The number of anilines is 1. The molecule has 0 amide bonds. The highest BCUT2D eigenvalue weighted by atomic mass is 19.1. The molecule has 1 aliphatic rings. The van der Waals surface area contributed by atoms with Gasteiger partial charge in [0.05, 0.1) is 11.1 Å². The van der Waals surface area contributed by atoms with E-state index >= 15 is 0 Å². The summed E-state index contributed by atoms with van der Waals surface area (Å²) in [4.78, 5) is 11.5. The molecule has 37 heavy (non-hydrogen) atoms. The third-order valence-electron chi connectivity index (χ3n) is 6.69. The second-order valence-corrected chi connectivity index (χ2v) is 8.92. The van der Waals surface area contributed by atoms with E-state index in [9.17, 15) is 14.3 Å². The van der Waals surface area contributed by atoms with E-state index in [1.807, 2.05) is 38.1 Å². The fourth-order valence-electron chi connectivity index (χ4n) is 5.00. The molecule has 0 bridgehead atoms. The molecule has 1 fully saturated rings. The molecule has 1 aliphatic heterocycles. The van der Waals surface area contributed by atoms with E-state index in [2.05, 4.69) is 4.57 Å². The van der Waals surface area contributed by atoms with Crippen LogP contribution >= 0.6 is 0 Å². The van der Waals surface area contributed by atoms with Crippen LogP contribution in [0.5, 0.6) is 0 Å². The van der Waals surface area contributed by atoms with Crippen molar-refractivity contribution in [3.05, 3.63) is 83.3 Å². The standard InChI is InChI=1S/C28H26FN3O3.C2H6/c1-16(30)22-15-25-23(14-24(22)31)26(17-2-4-19(5-3-17)28(33)34)27(18-10-12-35-13-11-18)32(25)21-8-6-20(29)7-9-21;1-2/h2-9,14-15,18,30H,10-13,31H2,1H3,(H,33,34);1-2H3. The molecule has 6 nitrogen and oxygen atoms in total. The molecule has 3 aromatic carbocycles. The SMILES string of the molecule is CC.CC(=N)c1cc2c(cc1N)c(-c1ccc(C(=O)O)cc1)c(C1CCOCC1)n2-c1ccc(F)cc1. The Balaban J connectivity index is 0.00000156. The first-order valence-electron chi connectivity index (χ1n) is 12.6. The van der Waals surface area contributed by atoms with E-state index in [-0.39, 0.29) is 17.3 Å². The number of halogens is 1. The van der Waals surface area contributed by atoms with Crippen LogP contribution in [0.4, 0.5) is 10.1 Å². The lowest BCUT2D eigenvalue weighted by molar-refractivity contribution is 0.0697. The van der Waals surface area contributed by atoms with Gasteiger partial charge >= 0.3 is 5.97 Å². The van der Waals surface area contributed by atoms with Crippen LogP contribution in [0.3, 0.4) is 0 Å². The minimum atomic E-state index is -0.981. The largest absolute Gasteiger partial charge is 0.478 e. The van der Waals surface area contributed by atoms with Crippen molar-refractivity contribution in [2.24, 2.45) is 0 Å². The molecule has 0 saturated carbocycles. The van der Waals surface area contributed by atoms with Crippen molar-refractivity contribution in [3.8, 4) is 16.8 Å². The molecule has 4 aromatic rings. The molecule has 1 saturated heterocycles. The summed E-state index contributed by atoms with van der Waals surface area (Å²) in [5.74, 6) is -1.13. The molecule has 7 heteroatoms. The second kappa shape index (κ2) is 11.0. The number of rotatable bonds is 5. The van der Waals surface area contributed by atoms with Crippen LogP contribution in [-0.4, -0.2) is 34.6 Å². The van der Waals surface area contributed by atoms with Crippen LogP contribution in [0.25, 0.3) is 27.7 Å². The molecule has 5 rings (SSSR count). The maximum Gasteiger partial charge on any atom is 0.335 e. The first-order valence-corrected chi connectivity index (χ1v) is 12.6. The number of ether oxygens (including phenoxy) is 1. The van der Waals surface area contributed by atoms with Crippen LogP contribution < -0.4 is 5.73 Å². The predicted molar refractivity (Wildman–Crippen MR) is 147 cm³/mol. The summed E-state index contributed by atoms with van der Waals surface area (Å²) >= 11 is 0. The predicted octanol–water partition coefficient (Wildman–Crippen LogP) is 7.02. The van der Waals surface area contributed by atoms with E-state index in [1.54, 1.807) is 31.2 Å². The number of benzene rings is 3. The first kappa shape index (κ1) is 26.1. The van der Waals surface area contributed by atoms with Crippen molar-refractivity contribution in [1.82, 2.24) is 4.57 Å². The van der Waals surface area contributed by atoms with Crippen LogP contribution in [0.2, 0.25) is 0 Å². The lowest BCUT2D eigenvalue weighted by Gasteiger charge is -2.26. The van der Waals surface area contributed by atoms with Gasteiger partial charge in [0.15, 0.2) is 0 Å². The van der Waals surface area contributed by atoms with Crippen molar-refractivity contribution in [2.45, 2.75) is 39.5 Å². The van der Waals surface area contributed by atoms with Gasteiger partial charge in [0.25, 0.3) is 0 Å². The number of aromatic nitrogens is 1. The Morgan fingerprint density at radius 1 is 1.05 bits per heavy atom. The molecule has 0 aliphatic carbocycles. The van der Waals surface area contributed by atoms with Gasteiger partial charge in [0.2, 0.25) is 0 Å². The number of nitrogens with two attached hydrogens (primary N) is 1. The van der Waals surface area contributed by atoms with Gasteiger partial charge in [0, 0.05) is 58.4 Å². The molecule has 0 radical (unpaired) electrons. The quantitative estimate of drug-likeness (QED) is 0.202. The summed E-state index contributed by atoms with van der Waals surface area (Å²) in [6, 6.07) is 17.1. The van der Waals surface area contributed by atoms with Gasteiger partial charge in [-0.1, -0.05) is 26.0 Å². The Bertz CT molecular complexity index is 1430. The summed E-state index contributed by atoms with van der Waals surface area (Å²) in [6.45, 7) is 6.98. The van der Waals surface area contributed by atoms with Gasteiger partial charge in [0.1, 0.15) is 5.82 Å². The maximum atomic E-state index is 13.8. The van der Waals surface area contributed by atoms with Crippen LogP contribution in [0.1, 0.15) is 61.1 Å². The number of nitrogens with one attached hydrogen (secondary N) is 1. The molecule has 4 N–H and O–H groups in total. The van der Waals surface area contributed by atoms with Crippen LogP contribution in [-0.2, 0) is 4.74 Å². The summed E-state index contributed by atoms with van der Waals surface area (Å²) in [6.07, 6.45) is 1.65. The number of aromatic carboxylic acids is 1. The fraction of sp³-hybridized carbons (Fsp3) is 0.267. The van der Waals surface area contributed by atoms with Crippen LogP contribution in [0.15, 0.2) is 60.7 Å². The number of nitrogen functional groups attached to an aromatic ring is 1. The van der Waals surface area contributed by atoms with Gasteiger partial charge in [-0.05, 0) is 73.9 Å². The molecule has 2 heterocycles. The number of carboxylic acid groups (broad SMARTS) is 1. The number of hydrogen-bond donors (Lipinski definition) is 3. The van der Waals surface area contributed by atoms with Gasteiger partial charge in [-0.15, -0.1) is 0 Å². The van der Waals surface area contributed by atoms with E-state index < -0.39 is 5.97 Å². The molecular formula is C30H32FN3O3. The summed E-state index contributed by atoms with van der Waals surface area (Å²) in [5.41, 5.74) is 12.7. The maximum absolute atomic E-state index is 13.8. The smallest absolute Gasteiger partial charge is 0.335 e. The first-order chi connectivity index (χ1) is 17.8. The lowest BCUT2D eigenvalue weighted by atomic mass is 9.89. The number of carbonyl (C=O) groups is 1. The van der Waals surface area contributed by atoms with Crippen molar-refractivity contribution >= 4 is 28.3 Å². The van der Waals surface area contributed by atoms with E-state index in [0.717, 1.165) is 46.3 Å². The molecular weight excluding hydrogens is 469 g/mol. The van der Waals surface area contributed by atoms with E-state index in [4.69, 9.17) is 15.9 Å². The van der Waals surface area contributed by atoms with Crippen molar-refractivity contribution in [1.29, 1.82) is 5.41 Å². The zero-order chi connectivity index (χ0) is 26.7. The molecule has 0 spiro atoms. The van der Waals surface area contributed by atoms with Gasteiger partial charge in [-0.3, -0.25) is 0 Å². The Hall–Kier alpha value is -3.97. The minimum absolute atomic E-state index is 0.168. The van der Waals surface area contributed by atoms with Gasteiger partial charge < -0.3 is 25.6 Å². The van der Waals surface area contributed by atoms with Crippen LogP contribution in [0, 0.1) is 11.2 Å². The monoisotopic (exact) mass is 501 g/mol. The zero-order valence-electron chi connectivity index (χ0n) is 21.3. The number of carboxylic acids is 1. The average molecular weight is 502 g/mol. The van der Waals surface area contributed by atoms with E-state index in [0.29, 0.717) is 30.2 Å². The number of nitrogens with zero attached hydrogens (tertiary/aromatic N) is 1. The summed E-state index contributed by atoms with van der Waals surface area (Å²) in [7, 11) is 0. The topological polar surface area (TPSA) is 101 Å². The van der Waals surface area contributed by atoms with Crippen molar-refractivity contribution in [2.75, 3.05) is 18.9 Å². The van der Waals surface area contributed by atoms with Crippen molar-refractivity contribution in [3.63, 3.8) is 0 Å². The summed E-state index contributed by atoms with van der Waals surface area (Å²) < 4.78 is 21.6. The average Bonchev–Trinajstić information content (AvgIpc) is 3.24. The zero-order valence-corrected chi connectivity index (χ0v) is 21.3. The highest BCUT2D eigenvalue weighted by molar-refractivity contribution is 6.09. The van der Waals surface area contributed by atoms with Gasteiger partial charge in [-0.2, -0.15) is 0 Å². The Labute approximate surface area is 216 Å². The Morgan fingerprint density at radius 3 is 2.24 bits per heavy atom. The molecule has 0 unspecified atom stereocenters. The highest BCUT2D eigenvalue weighted by Gasteiger charge is 2.28. The van der Waals surface area contributed by atoms with Gasteiger partial charge in [-0.25, -0.2) is 9.18 Å². The third-order valence-corrected chi connectivity index (χ3v) is 6.69.